The van der Waals surface area contributed by atoms with Crippen LogP contribution in [0.3, 0.4) is 0 Å². The van der Waals surface area contributed by atoms with E-state index in [-0.39, 0.29) is 17.2 Å². The van der Waals surface area contributed by atoms with E-state index in [0.717, 1.165) is 12.5 Å². The smallest absolute Gasteiger partial charge is 0.222 e. The number of carbonyl (C=O) groups is 1. The molecule has 3 N–H and O–H groups in total. The van der Waals surface area contributed by atoms with Crippen molar-refractivity contribution in [3.8, 4) is 0 Å². The fraction of sp³-hybridized carbons (Fsp3) is 0.684. The predicted molar refractivity (Wildman–Crippen MR) is 106 cm³/mol. The van der Waals surface area contributed by atoms with Crippen LogP contribution in [0.25, 0.3) is 0 Å². The lowest BCUT2D eigenvalue weighted by molar-refractivity contribution is -0.123. The van der Waals surface area contributed by atoms with Crippen molar-refractivity contribution in [2.45, 2.75) is 51.4 Å². The molecule has 0 spiro atoms. The summed E-state index contributed by atoms with van der Waals surface area (Å²) in [7, 11) is 1.79. The van der Waals surface area contributed by atoms with Gasteiger partial charge in [-0.2, -0.15) is 0 Å². The van der Waals surface area contributed by atoms with Crippen LogP contribution in [-0.4, -0.2) is 38.5 Å². The highest BCUT2D eigenvalue weighted by atomic mass is 32.1. The van der Waals surface area contributed by atoms with Gasteiger partial charge < -0.3 is 16.0 Å². The van der Waals surface area contributed by atoms with Gasteiger partial charge in [-0.15, -0.1) is 11.3 Å². The number of amides is 1. The molecule has 0 aliphatic heterocycles. The highest BCUT2D eigenvalue weighted by Gasteiger charge is 2.34. The van der Waals surface area contributed by atoms with E-state index in [9.17, 15) is 4.79 Å². The minimum absolute atomic E-state index is 0.0226. The molecule has 6 heteroatoms. The Morgan fingerprint density at radius 3 is 2.52 bits per heavy atom. The molecule has 5 nitrogen and oxygen atoms in total. The zero-order valence-electron chi connectivity index (χ0n) is 15.7. The Morgan fingerprint density at radius 2 is 1.92 bits per heavy atom. The number of nitrogens with one attached hydrogen (secondary N) is 3. The molecule has 0 saturated heterocycles. The Hall–Kier alpha value is -1.56. The summed E-state index contributed by atoms with van der Waals surface area (Å²) < 4.78 is 0. The van der Waals surface area contributed by atoms with Gasteiger partial charge in [-0.25, -0.2) is 0 Å². The summed E-state index contributed by atoms with van der Waals surface area (Å²) in [6.07, 6.45) is 6.42. The topological polar surface area (TPSA) is 65.5 Å². The van der Waals surface area contributed by atoms with Crippen LogP contribution in [0.2, 0.25) is 0 Å². The lowest BCUT2D eigenvalue weighted by Crippen LogP contribution is -2.47. The molecule has 1 aliphatic carbocycles. The molecule has 1 amide bonds. The molecular weight excluding hydrogens is 332 g/mol. The van der Waals surface area contributed by atoms with E-state index in [2.05, 4.69) is 38.5 Å². The molecule has 0 bridgehead atoms. The monoisotopic (exact) mass is 364 g/mol. The van der Waals surface area contributed by atoms with Crippen molar-refractivity contribution in [3.63, 3.8) is 0 Å². The van der Waals surface area contributed by atoms with Gasteiger partial charge in [-0.3, -0.25) is 9.79 Å². The summed E-state index contributed by atoms with van der Waals surface area (Å²) >= 11 is 1.87. The second-order valence-corrected chi connectivity index (χ2v) is 8.06. The highest BCUT2D eigenvalue weighted by Crippen LogP contribution is 2.41. The maximum atomic E-state index is 11.6. The van der Waals surface area contributed by atoms with Crippen LogP contribution in [-0.2, 0) is 10.2 Å². The van der Waals surface area contributed by atoms with Gasteiger partial charge in [0.25, 0.3) is 0 Å². The number of aliphatic imine (C=N–C) groups is 1. The quantitative estimate of drug-likeness (QED) is 0.396. The second kappa shape index (κ2) is 9.80. The van der Waals surface area contributed by atoms with Gasteiger partial charge in [0.05, 0.1) is 0 Å². The van der Waals surface area contributed by atoms with Crippen molar-refractivity contribution >= 4 is 23.2 Å². The third kappa shape index (κ3) is 5.73. The normalized spacial score (nSPS) is 17.4. The number of rotatable bonds is 7. The molecule has 0 atom stereocenters. The van der Waals surface area contributed by atoms with Crippen LogP contribution in [0.15, 0.2) is 22.5 Å². The first-order valence-electron chi connectivity index (χ1n) is 9.33. The van der Waals surface area contributed by atoms with Crippen LogP contribution in [0, 0.1) is 5.92 Å². The molecule has 0 radical (unpaired) electrons. The van der Waals surface area contributed by atoms with Gasteiger partial charge in [0.2, 0.25) is 5.91 Å². The lowest BCUT2D eigenvalue weighted by atomic mass is 9.73. The van der Waals surface area contributed by atoms with Crippen LogP contribution in [0.4, 0.5) is 0 Å². The number of nitrogens with zero attached hydrogens (tertiary/aromatic N) is 1. The minimum atomic E-state index is 0.0226. The molecule has 140 valence electrons. The SMILES string of the molecule is CN=C(NCCNC(=O)C(C)C)NCC1(c2cccs2)CCCCC1. The Bertz CT molecular complexity index is 548. The molecule has 1 aromatic rings. The highest BCUT2D eigenvalue weighted by molar-refractivity contribution is 7.10. The predicted octanol–water partition coefficient (Wildman–Crippen LogP) is 2.89. The summed E-state index contributed by atoms with van der Waals surface area (Å²) in [6, 6.07) is 4.43. The van der Waals surface area contributed by atoms with E-state index in [1.807, 2.05) is 25.2 Å². The van der Waals surface area contributed by atoms with E-state index >= 15 is 0 Å². The van der Waals surface area contributed by atoms with E-state index in [0.29, 0.717) is 13.1 Å². The standard InChI is InChI=1S/C19H32N4OS/c1-15(2)17(24)21-11-12-22-18(20-3)23-14-19(9-5-4-6-10-19)16-8-7-13-25-16/h7-8,13,15H,4-6,9-12,14H2,1-3H3,(H,21,24)(H2,20,22,23). The number of carbonyl (C=O) groups excluding carboxylic acids is 1. The van der Waals surface area contributed by atoms with Crippen LogP contribution < -0.4 is 16.0 Å². The van der Waals surface area contributed by atoms with Gasteiger partial charge in [0, 0.05) is 42.9 Å². The average Bonchev–Trinajstić information content (AvgIpc) is 3.17. The summed E-state index contributed by atoms with van der Waals surface area (Å²) in [5, 5.41) is 11.9. The van der Waals surface area contributed by atoms with Crippen molar-refractivity contribution in [1.82, 2.24) is 16.0 Å². The number of thiophene rings is 1. The molecule has 1 aliphatic rings. The van der Waals surface area contributed by atoms with Crippen molar-refractivity contribution in [3.05, 3.63) is 22.4 Å². The van der Waals surface area contributed by atoms with E-state index in [1.165, 1.54) is 37.0 Å². The zero-order valence-corrected chi connectivity index (χ0v) is 16.5. The zero-order chi connectivity index (χ0) is 18.1. The molecular formula is C19H32N4OS. The van der Waals surface area contributed by atoms with E-state index in [4.69, 9.17) is 0 Å². The second-order valence-electron chi connectivity index (χ2n) is 7.12. The lowest BCUT2D eigenvalue weighted by Gasteiger charge is -2.37. The molecule has 2 rings (SSSR count). The summed E-state index contributed by atoms with van der Waals surface area (Å²) in [4.78, 5) is 17.4. The van der Waals surface area contributed by atoms with E-state index in [1.54, 1.807) is 7.05 Å². The number of hydrogen-bond acceptors (Lipinski definition) is 3. The summed E-state index contributed by atoms with van der Waals surface area (Å²) in [5.74, 6) is 0.915. The Balaban J connectivity index is 1.83. The largest absolute Gasteiger partial charge is 0.355 e. The Morgan fingerprint density at radius 1 is 1.20 bits per heavy atom. The van der Waals surface area contributed by atoms with Gasteiger partial charge in [0.1, 0.15) is 0 Å². The fourth-order valence-corrected chi connectivity index (χ4v) is 4.35. The average molecular weight is 365 g/mol. The Labute approximate surface area is 155 Å². The molecule has 1 fully saturated rings. The molecule has 1 aromatic heterocycles. The van der Waals surface area contributed by atoms with Gasteiger partial charge in [-0.05, 0) is 24.3 Å². The molecule has 0 unspecified atom stereocenters. The van der Waals surface area contributed by atoms with Crippen LogP contribution in [0.1, 0.15) is 50.8 Å². The first kappa shape index (κ1) is 19.8. The first-order valence-corrected chi connectivity index (χ1v) is 10.2. The van der Waals surface area contributed by atoms with Crippen molar-refractivity contribution in [1.29, 1.82) is 0 Å². The third-order valence-electron chi connectivity index (χ3n) is 4.91. The Kier molecular flexibility index (Phi) is 7.75. The first-order chi connectivity index (χ1) is 12.1. The van der Waals surface area contributed by atoms with Gasteiger partial charge in [-0.1, -0.05) is 39.2 Å². The molecule has 25 heavy (non-hydrogen) atoms. The van der Waals surface area contributed by atoms with E-state index < -0.39 is 0 Å². The minimum Gasteiger partial charge on any atom is -0.355 e. The fourth-order valence-electron chi connectivity index (χ4n) is 3.36. The third-order valence-corrected chi connectivity index (χ3v) is 6.03. The van der Waals surface area contributed by atoms with Gasteiger partial charge in [0.15, 0.2) is 5.96 Å². The van der Waals surface area contributed by atoms with Crippen molar-refractivity contribution in [2.75, 3.05) is 26.7 Å². The molecule has 1 saturated carbocycles. The molecule has 1 heterocycles. The van der Waals surface area contributed by atoms with Crippen LogP contribution >= 0.6 is 11.3 Å². The summed E-state index contributed by atoms with van der Waals surface area (Å²) in [6.45, 7) is 5.98. The van der Waals surface area contributed by atoms with Crippen molar-refractivity contribution < 1.29 is 4.79 Å². The van der Waals surface area contributed by atoms with Gasteiger partial charge >= 0.3 is 0 Å². The summed E-state index contributed by atoms with van der Waals surface area (Å²) in [5.41, 5.74) is 0.232. The maximum Gasteiger partial charge on any atom is 0.222 e. The number of hydrogen-bond donors (Lipinski definition) is 3. The molecule has 0 aromatic carbocycles. The van der Waals surface area contributed by atoms with Crippen LogP contribution in [0.5, 0.6) is 0 Å². The maximum absolute atomic E-state index is 11.6. The number of guanidine groups is 1. The van der Waals surface area contributed by atoms with Crippen molar-refractivity contribution in [2.24, 2.45) is 10.9 Å².